The second kappa shape index (κ2) is 10.0. The quantitative estimate of drug-likeness (QED) is 0.652. The molecule has 0 bridgehead atoms. The van der Waals surface area contributed by atoms with Crippen LogP contribution >= 0.6 is 12.2 Å². The second-order valence-corrected chi connectivity index (χ2v) is 9.26. The number of piperidine rings is 1. The molecule has 0 amide bonds. The summed E-state index contributed by atoms with van der Waals surface area (Å²) in [6, 6.07) is 15.1. The van der Waals surface area contributed by atoms with Crippen molar-refractivity contribution in [2.75, 3.05) is 32.1 Å². The van der Waals surface area contributed by atoms with Crippen LogP contribution in [0.5, 0.6) is 5.75 Å². The van der Waals surface area contributed by atoms with Crippen molar-refractivity contribution < 1.29 is 13.2 Å². The highest BCUT2D eigenvalue weighted by Gasteiger charge is 2.29. The molecule has 1 saturated heterocycles. The monoisotopic (exact) mass is 433 g/mol. The molecule has 0 aliphatic carbocycles. The van der Waals surface area contributed by atoms with Crippen molar-refractivity contribution in [3.63, 3.8) is 0 Å². The van der Waals surface area contributed by atoms with Crippen LogP contribution in [-0.2, 0) is 16.4 Å². The molecule has 156 valence electrons. The molecule has 2 N–H and O–H groups in total. The molecule has 0 aromatic heterocycles. The fourth-order valence-corrected chi connectivity index (χ4v) is 5.21. The maximum absolute atomic E-state index is 13.2. The van der Waals surface area contributed by atoms with Crippen LogP contribution < -0.4 is 15.4 Å². The van der Waals surface area contributed by atoms with Gasteiger partial charge in [-0.15, -0.1) is 0 Å². The third kappa shape index (κ3) is 5.68. The van der Waals surface area contributed by atoms with Gasteiger partial charge in [0.2, 0.25) is 10.0 Å². The molecule has 6 nitrogen and oxygen atoms in total. The summed E-state index contributed by atoms with van der Waals surface area (Å²) < 4.78 is 33.2. The van der Waals surface area contributed by atoms with E-state index in [1.54, 1.807) is 22.5 Å². The Morgan fingerprint density at radius 1 is 1.10 bits per heavy atom. The lowest BCUT2D eigenvalue weighted by Gasteiger charge is -2.27. The third-order valence-electron chi connectivity index (χ3n) is 4.91. The molecule has 0 unspecified atom stereocenters. The van der Waals surface area contributed by atoms with Crippen molar-refractivity contribution in [1.82, 2.24) is 9.62 Å². The van der Waals surface area contributed by atoms with E-state index in [9.17, 15) is 8.42 Å². The van der Waals surface area contributed by atoms with Gasteiger partial charge in [-0.2, -0.15) is 4.31 Å². The summed E-state index contributed by atoms with van der Waals surface area (Å²) in [7, 11) is -2.11. The van der Waals surface area contributed by atoms with Gasteiger partial charge in [0, 0.05) is 25.7 Å². The van der Waals surface area contributed by atoms with Crippen molar-refractivity contribution in [3.05, 3.63) is 54.1 Å². The van der Waals surface area contributed by atoms with E-state index in [-0.39, 0.29) is 4.90 Å². The SMILES string of the molecule is COc1ccc(NC(=S)NCCc2ccccc2)c(S(=O)(=O)N2CCCCC2)c1. The molecule has 1 heterocycles. The summed E-state index contributed by atoms with van der Waals surface area (Å²) in [5.74, 6) is 0.495. The number of anilines is 1. The predicted octanol–water partition coefficient (Wildman–Crippen LogP) is 3.40. The zero-order valence-corrected chi connectivity index (χ0v) is 18.2. The summed E-state index contributed by atoms with van der Waals surface area (Å²) in [6.45, 7) is 1.73. The molecule has 1 aliphatic heterocycles. The Kier molecular flexibility index (Phi) is 7.46. The first-order chi connectivity index (χ1) is 14.0. The number of hydrogen-bond donors (Lipinski definition) is 2. The summed E-state index contributed by atoms with van der Waals surface area (Å²) >= 11 is 5.39. The van der Waals surface area contributed by atoms with Crippen LogP contribution in [0.25, 0.3) is 0 Å². The highest BCUT2D eigenvalue weighted by Crippen LogP contribution is 2.30. The van der Waals surface area contributed by atoms with E-state index in [4.69, 9.17) is 17.0 Å². The van der Waals surface area contributed by atoms with Crippen LogP contribution in [0.4, 0.5) is 5.69 Å². The lowest BCUT2D eigenvalue weighted by atomic mass is 10.1. The van der Waals surface area contributed by atoms with Crippen LogP contribution in [-0.4, -0.2) is 44.6 Å². The summed E-state index contributed by atoms with van der Waals surface area (Å²) in [5.41, 5.74) is 1.66. The molecule has 1 aliphatic rings. The van der Waals surface area contributed by atoms with Crippen molar-refractivity contribution in [3.8, 4) is 5.75 Å². The number of thiocarbonyl (C=S) groups is 1. The van der Waals surface area contributed by atoms with Gasteiger partial charge < -0.3 is 15.4 Å². The molecule has 8 heteroatoms. The van der Waals surface area contributed by atoms with Gasteiger partial charge in [-0.05, 0) is 49.2 Å². The highest BCUT2D eigenvalue weighted by molar-refractivity contribution is 7.89. The maximum atomic E-state index is 13.2. The normalized spacial score (nSPS) is 14.9. The molecule has 1 fully saturated rings. The van der Waals surface area contributed by atoms with Gasteiger partial charge in [-0.25, -0.2) is 8.42 Å². The molecule has 0 saturated carbocycles. The fourth-order valence-electron chi connectivity index (χ4n) is 3.32. The number of sulfonamides is 1. The van der Waals surface area contributed by atoms with E-state index < -0.39 is 10.0 Å². The highest BCUT2D eigenvalue weighted by atomic mass is 32.2. The van der Waals surface area contributed by atoms with E-state index in [0.717, 1.165) is 25.7 Å². The third-order valence-corrected chi connectivity index (χ3v) is 7.10. The largest absolute Gasteiger partial charge is 0.497 e. The topological polar surface area (TPSA) is 70.7 Å². The van der Waals surface area contributed by atoms with Gasteiger partial charge in [0.05, 0.1) is 12.8 Å². The summed E-state index contributed by atoms with van der Waals surface area (Å²) in [6.07, 6.45) is 3.64. The van der Waals surface area contributed by atoms with Gasteiger partial charge in [0.25, 0.3) is 0 Å². The molecule has 2 aromatic carbocycles. The first kappa shape index (κ1) is 21.5. The lowest BCUT2D eigenvalue weighted by Crippen LogP contribution is -2.36. The Labute approximate surface area is 178 Å². The van der Waals surface area contributed by atoms with Gasteiger partial charge in [0.1, 0.15) is 10.6 Å². The average Bonchev–Trinajstić information content (AvgIpc) is 2.75. The van der Waals surface area contributed by atoms with E-state index >= 15 is 0 Å². The molecule has 29 heavy (non-hydrogen) atoms. The van der Waals surface area contributed by atoms with Crippen molar-refractivity contribution in [2.24, 2.45) is 0 Å². The minimum atomic E-state index is -3.63. The van der Waals surface area contributed by atoms with E-state index in [1.165, 1.54) is 12.7 Å². The van der Waals surface area contributed by atoms with Crippen LogP contribution in [0.2, 0.25) is 0 Å². The summed E-state index contributed by atoms with van der Waals surface area (Å²) in [4.78, 5) is 0.186. The molecule has 0 atom stereocenters. The number of nitrogens with one attached hydrogen (secondary N) is 2. The molecule has 0 spiro atoms. The van der Waals surface area contributed by atoms with Gasteiger partial charge in [0.15, 0.2) is 5.11 Å². The number of benzene rings is 2. The van der Waals surface area contributed by atoms with Crippen molar-refractivity contribution in [1.29, 1.82) is 0 Å². The maximum Gasteiger partial charge on any atom is 0.245 e. The molecular formula is C21H27N3O3S2. The molecule has 3 rings (SSSR count). The van der Waals surface area contributed by atoms with Crippen LogP contribution in [0.15, 0.2) is 53.4 Å². The van der Waals surface area contributed by atoms with Crippen molar-refractivity contribution in [2.45, 2.75) is 30.6 Å². The standard InChI is InChI=1S/C21H27N3O3S2/c1-27-18-10-11-19(20(16-18)29(25,26)24-14-6-3-7-15-24)23-21(28)22-13-12-17-8-4-2-5-9-17/h2,4-5,8-11,16H,3,6-7,12-15H2,1H3,(H2,22,23,28). The van der Waals surface area contributed by atoms with E-state index in [2.05, 4.69) is 22.8 Å². The van der Waals surface area contributed by atoms with Crippen LogP contribution in [0.3, 0.4) is 0 Å². The van der Waals surface area contributed by atoms with Gasteiger partial charge >= 0.3 is 0 Å². The van der Waals surface area contributed by atoms with E-state index in [1.807, 2.05) is 18.2 Å². The Hall–Kier alpha value is -2.16. The molecule has 0 radical (unpaired) electrons. The Balaban J connectivity index is 1.72. The van der Waals surface area contributed by atoms with Gasteiger partial charge in [-0.3, -0.25) is 0 Å². The van der Waals surface area contributed by atoms with Crippen LogP contribution in [0.1, 0.15) is 24.8 Å². The summed E-state index contributed by atoms with van der Waals surface area (Å²) in [5, 5.41) is 6.59. The smallest absolute Gasteiger partial charge is 0.245 e. The zero-order valence-electron chi connectivity index (χ0n) is 16.6. The lowest BCUT2D eigenvalue weighted by molar-refractivity contribution is 0.346. The molecular weight excluding hydrogens is 406 g/mol. The zero-order chi connectivity index (χ0) is 20.7. The Bertz CT molecular complexity index is 927. The Morgan fingerprint density at radius 2 is 1.83 bits per heavy atom. The number of rotatable bonds is 7. The predicted molar refractivity (Wildman–Crippen MR) is 120 cm³/mol. The number of nitrogens with zero attached hydrogens (tertiary/aromatic N) is 1. The van der Waals surface area contributed by atoms with E-state index in [0.29, 0.717) is 36.2 Å². The first-order valence-electron chi connectivity index (χ1n) is 9.77. The molecule has 2 aromatic rings. The number of hydrogen-bond acceptors (Lipinski definition) is 4. The minimum Gasteiger partial charge on any atom is -0.497 e. The fraction of sp³-hybridized carbons (Fsp3) is 0.381. The second-order valence-electron chi connectivity index (χ2n) is 6.94. The number of ether oxygens (including phenoxy) is 1. The van der Waals surface area contributed by atoms with Gasteiger partial charge in [-0.1, -0.05) is 36.8 Å². The number of methoxy groups -OCH3 is 1. The first-order valence-corrected chi connectivity index (χ1v) is 11.6. The minimum absolute atomic E-state index is 0.186. The van der Waals surface area contributed by atoms with Crippen molar-refractivity contribution >= 4 is 33.0 Å². The average molecular weight is 434 g/mol. The Morgan fingerprint density at radius 3 is 2.52 bits per heavy atom. The van der Waals surface area contributed by atoms with Crippen LogP contribution in [0, 0.1) is 0 Å².